The number of rotatable bonds is 5. The number of hydrogen-bond acceptors (Lipinski definition) is 4. The number of hydrogen-bond donors (Lipinski definition) is 1. The Labute approximate surface area is 105 Å². The lowest BCUT2D eigenvalue weighted by molar-refractivity contribution is -0.0507. The van der Waals surface area contributed by atoms with Crippen molar-refractivity contribution in [3.63, 3.8) is 0 Å². The first-order valence-corrected chi connectivity index (χ1v) is 6.52. The molecule has 3 atom stereocenters. The van der Waals surface area contributed by atoms with Crippen LogP contribution < -0.4 is 5.32 Å². The molecule has 4 nitrogen and oxygen atoms in total. The van der Waals surface area contributed by atoms with Crippen LogP contribution >= 0.6 is 0 Å². The fourth-order valence-corrected chi connectivity index (χ4v) is 2.22. The maximum Gasteiger partial charge on any atom is 0.105 e. The first kappa shape index (κ1) is 14.4. The Morgan fingerprint density at radius 3 is 2.82 bits per heavy atom. The minimum atomic E-state index is -0.407. The summed E-state index contributed by atoms with van der Waals surface area (Å²) in [5.41, 5.74) is -0.407. The van der Waals surface area contributed by atoms with E-state index in [4.69, 9.17) is 4.74 Å². The predicted molar refractivity (Wildman–Crippen MR) is 68.8 cm³/mol. The van der Waals surface area contributed by atoms with Crippen molar-refractivity contribution in [2.75, 3.05) is 26.2 Å². The van der Waals surface area contributed by atoms with Crippen LogP contribution in [-0.4, -0.2) is 48.8 Å². The number of ether oxygens (including phenoxy) is 1. The molecule has 1 heterocycles. The SMILES string of the molecule is CCNC(C)(C#N)CCN1CC(C)OCC1C. The summed E-state index contributed by atoms with van der Waals surface area (Å²) in [5, 5.41) is 12.5. The third-order valence-corrected chi connectivity index (χ3v) is 3.45. The van der Waals surface area contributed by atoms with Gasteiger partial charge in [0.05, 0.1) is 18.8 Å². The van der Waals surface area contributed by atoms with E-state index < -0.39 is 5.54 Å². The molecule has 0 saturated carbocycles. The lowest BCUT2D eigenvalue weighted by Crippen LogP contribution is -2.50. The summed E-state index contributed by atoms with van der Waals surface area (Å²) in [4.78, 5) is 2.42. The Hall–Kier alpha value is -0.630. The van der Waals surface area contributed by atoms with E-state index in [1.54, 1.807) is 0 Å². The van der Waals surface area contributed by atoms with Gasteiger partial charge in [0, 0.05) is 19.1 Å². The first-order valence-electron chi connectivity index (χ1n) is 6.52. The molecular weight excluding hydrogens is 214 g/mol. The third kappa shape index (κ3) is 4.27. The third-order valence-electron chi connectivity index (χ3n) is 3.45. The van der Waals surface area contributed by atoms with Gasteiger partial charge in [-0.15, -0.1) is 0 Å². The topological polar surface area (TPSA) is 48.3 Å². The van der Waals surface area contributed by atoms with E-state index in [0.29, 0.717) is 12.1 Å². The van der Waals surface area contributed by atoms with Gasteiger partial charge in [0.2, 0.25) is 0 Å². The maximum atomic E-state index is 9.21. The van der Waals surface area contributed by atoms with E-state index in [1.165, 1.54) is 0 Å². The Balaban J connectivity index is 2.45. The van der Waals surface area contributed by atoms with Crippen LogP contribution in [0.3, 0.4) is 0 Å². The average molecular weight is 239 g/mol. The molecule has 0 bridgehead atoms. The van der Waals surface area contributed by atoms with E-state index in [1.807, 2.05) is 13.8 Å². The van der Waals surface area contributed by atoms with Gasteiger partial charge in [0.15, 0.2) is 0 Å². The van der Waals surface area contributed by atoms with E-state index in [0.717, 1.165) is 32.7 Å². The van der Waals surface area contributed by atoms with Gasteiger partial charge in [0.1, 0.15) is 5.54 Å². The van der Waals surface area contributed by atoms with Crippen LogP contribution in [0.2, 0.25) is 0 Å². The van der Waals surface area contributed by atoms with Crippen LogP contribution in [0.4, 0.5) is 0 Å². The molecule has 0 radical (unpaired) electrons. The highest BCUT2D eigenvalue weighted by Crippen LogP contribution is 2.15. The van der Waals surface area contributed by atoms with Crippen molar-refractivity contribution in [2.45, 2.75) is 51.8 Å². The zero-order valence-corrected chi connectivity index (χ0v) is 11.5. The minimum absolute atomic E-state index is 0.304. The average Bonchev–Trinajstić information content (AvgIpc) is 2.31. The Morgan fingerprint density at radius 2 is 2.24 bits per heavy atom. The molecule has 1 aliphatic rings. The number of nitrogens with zero attached hydrogens (tertiary/aromatic N) is 2. The first-order chi connectivity index (χ1) is 8.00. The fraction of sp³-hybridized carbons (Fsp3) is 0.923. The van der Waals surface area contributed by atoms with Gasteiger partial charge in [0.25, 0.3) is 0 Å². The summed E-state index contributed by atoms with van der Waals surface area (Å²) in [5.74, 6) is 0. The maximum absolute atomic E-state index is 9.21. The molecule has 17 heavy (non-hydrogen) atoms. The second kappa shape index (κ2) is 6.34. The van der Waals surface area contributed by atoms with E-state index in [-0.39, 0.29) is 0 Å². The van der Waals surface area contributed by atoms with Crippen molar-refractivity contribution in [3.05, 3.63) is 0 Å². The summed E-state index contributed by atoms with van der Waals surface area (Å²) in [6.45, 7) is 11.8. The number of morpholine rings is 1. The summed E-state index contributed by atoms with van der Waals surface area (Å²) in [6, 6.07) is 2.83. The van der Waals surface area contributed by atoms with Gasteiger partial charge in [-0.2, -0.15) is 5.26 Å². The molecular formula is C13H25N3O. The van der Waals surface area contributed by atoms with Crippen LogP contribution in [0.15, 0.2) is 0 Å². The molecule has 4 heteroatoms. The summed E-state index contributed by atoms with van der Waals surface area (Å²) in [7, 11) is 0. The molecule has 1 N–H and O–H groups in total. The van der Waals surface area contributed by atoms with Crippen molar-refractivity contribution in [2.24, 2.45) is 0 Å². The minimum Gasteiger partial charge on any atom is -0.376 e. The van der Waals surface area contributed by atoms with E-state index in [2.05, 4.69) is 30.1 Å². The normalized spacial score (nSPS) is 29.6. The molecule has 0 aliphatic carbocycles. The summed E-state index contributed by atoms with van der Waals surface area (Å²) < 4.78 is 5.60. The molecule has 1 fully saturated rings. The highest BCUT2D eigenvalue weighted by Gasteiger charge is 2.27. The molecule has 0 spiro atoms. The van der Waals surface area contributed by atoms with E-state index >= 15 is 0 Å². The molecule has 1 rings (SSSR count). The van der Waals surface area contributed by atoms with Crippen molar-refractivity contribution < 1.29 is 4.74 Å². The molecule has 3 unspecified atom stereocenters. The Bertz CT molecular complexity index is 276. The lowest BCUT2D eigenvalue weighted by atomic mass is 9.99. The number of nitrogens with one attached hydrogen (secondary N) is 1. The van der Waals surface area contributed by atoms with E-state index in [9.17, 15) is 5.26 Å². The number of nitriles is 1. The quantitative estimate of drug-likeness (QED) is 0.787. The van der Waals surface area contributed by atoms with Crippen molar-refractivity contribution in [1.82, 2.24) is 10.2 Å². The second-order valence-electron chi connectivity index (χ2n) is 5.21. The van der Waals surface area contributed by atoms with Crippen LogP contribution in [0.25, 0.3) is 0 Å². The smallest absolute Gasteiger partial charge is 0.105 e. The van der Waals surface area contributed by atoms with Crippen LogP contribution in [0.1, 0.15) is 34.1 Å². The van der Waals surface area contributed by atoms with Crippen LogP contribution in [-0.2, 0) is 4.74 Å². The molecule has 0 amide bonds. The van der Waals surface area contributed by atoms with Crippen molar-refractivity contribution >= 4 is 0 Å². The van der Waals surface area contributed by atoms with Crippen molar-refractivity contribution in [1.29, 1.82) is 5.26 Å². The van der Waals surface area contributed by atoms with Crippen LogP contribution in [0.5, 0.6) is 0 Å². The Kier molecular flexibility index (Phi) is 5.38. The fourth-order valence-electron chi connectivity index (χ4n) is 2.22. The largest absolute Gasteiger partial charge is 0.376 e. The summed E-state index contributed by atoms with van der Waals surface area (Å²) in [6.07, 6.45) is 1.16. The lowest BCUT2D eigenvalue weighted by Gasteiger charge is -2.38. The highest BCUT2D eigenvalue weighted by atomic mass is 16.5. The van der Waals surface area contributed by atoms with Gasteiger partial charge >= 0.3 is 0 Å². The standard InChI is InChI=1S/C13H25N3O/c1-5-15-13(4,10-14)6-7-16-8-12(3)17-9-11(16)2/h11-12,15H,5-9H2,1-4H3. The second-order valence-corrected chi connectivity index (χ2v) is 5.21. The molecule has 0 aromatic rings. The molecule has 98 valence electrons. The Morgan fingerprint density at radius 1 is 1.53 bits per heavy atom. The van der Waals surface area contributed by atoms with Crippen molar-refractivity contribution in [3.8, 4) is 6.07 Å². The highest BCUT2D eigenvalue weighted by molar-refractivity contribution is 5.04. The zero-order chi connectivity index (χ0) is 12.9. The van der Waals surface area contributed by atoms with Gasteiger partial charge in [-0.1, -0.05) is 6.92 Å². The summed E-state index contributed by atoms with van der Waals surface area (Å²) >= 11 is 0. The van der Waals surface area contributed by atoms with Gasteiger partial charge in [-0.3, -0.25) is 10.2 Å². The predicted octanol–water partition coefficient (Wildman–Crippen LogP) is 1.38. The van der Waals surface area contributed by atoms with Gasteiger partial charge in [-0.25, -0.2) is 0 Å². The molecule has 0 aromatic carbocycles. The molecule has 1 saturated heterocycles. The molecule has 0 aromatic heterocycles. The van der Waals surface area contributed by atoms with Gasteiger partial charge < -0.3 is 4.74 Å². The van der Waals surface area contributed by atoms with Crippen LogP contribution in [0, 0.1) is 11.3 Å². The monoisotopic (exact) mass is 239 g/mol. The molecule has 1 aliphatic heterocycles. The van der Waals surface area contributed by atoms with Gasteiger partial charge in [-0.05, 0) is 33.7 Å². The zero-order valence-electron chi connectivity index (χ0n) is 11.5.